The number of carboxylic acid groups (broad SMARTS) is 1. The van der Waals surface area contributed by atoms with Crippen molar-refractivity contribution < 1.29 is 14.7 Å². The molecular formula is C17H19NO3S. The number of aliphatic carboxylic acids is 1. The molecule has 0 saturated heterocycles. The molecular weight excluding hydrogens is 298 g/mol. The summed E-state index contributed by atoms with van der Waals surface area (Å²) in [5.41, 5.74) is 0.504. The van der Waals surface area contributed by atoms with Crippen LogP contribution in [0.5, 0.6) is 0 Å². The highest BCUT2D eigenvalue weighted by Gasteiger charge is 2.35. The Morgan fingerprint density at radius 3 is 2.50 bits per heavy atom. The van der Waals surface area contributed by atoms with Gasteiger partial charge >= 0.3 is 5.97 Å². The lowest BCUT2D eigenvalue weighted by atomic mass is 9.82. The van der Waals surface area contributed by atoms with Crippen LogP contribution in [0.25, 0.3) is 0 Å². The number of thiophene rings is 1. The number of amides is 1. The van der Waals surface area contributed by atoms with E-state index in [-0.39, 0.29) is 12.5 Å². The van der Waals surface area contributed by atoms with Gasteiger partial charge in [0.25, 0.3) is 5.91 Å². The van der Waals surface area contributed by atoms with E-state index in [1.54, 1.807) is 31.2 Å². The van der Waals surface area contributed by atoms with Crippen molar-refractivity contribution in [2.45, 2.75) is 25.7 Å². The maximum Gasteiger partial charge on any atom is 0.315 e. The van der Waals surface area contributed by atoms with Gasteiger partial charge in [0.15, 0.2) is 0 Å². The van der Waals surface area contributed by atoms with Gasteiger partial charge in [-0.3, -0.25) is 9.59 Å². The van der Waals surface area contributed by atoms with Crippen LogP contribution in [0.3, 0.4) is 0 Å². The predicted octanol–water partition coefficient (Wildman–Crippen LogP) is 3.08. The van der Waals surface area contributed by atoms with Crippen molar-refractivity contribution in [2.24, 2.45) is 0 Å². The highest BCUT2D eigenvalue weighted by Crippen LogP contribution is 2.24. The molecule has 0 fully saturated rings. The summed E-state index contributed by atoms with van der Waals surface area (Å²) in [4.78, 5) is 24.6. The third-order valence-electron chi connectivity index (χ3n) is 3.82. The average molecular weight is 317 g/mol. The monoisotopic (exact) mass is 317 g/mol. The summed E-state index contributed by atoms with van der Waals surface area (Å²) in [6.07, 6.45) is 0.779. The Morgan fingerprint density at radius 2 is 1.91 bits per heavy atom. The van der Waals surface area contributed by atoms with E-state index in [1.165, 1.54) is 11.3 Å². The maximum atomic E-state index is 12.3. The molecule has 2 rings (SSSR count). The van der Waals surface area contributed by atoms with Gasteiger partial charge in [-0.1, -0.05) is 37.3 Å². The minimum absolute atomic E-state index is 0.0479. The Hall–Kier alpha value is -2.14. The summed E-state index contributed by atoms with van der Waals surface area (Å²) in [6, 6.07) is 10.9. The Kier molecular flexibility index (Phi) is 4.98. The van der Waals surface area contributed by atoms with Gasteiger partial charge in [0, 0.05) is 6.54 Å². The Balaban J connectivity index is 2.17. The van der Waals surface area contributed by atoms with Crippen LogP contribution >= 0.6 is 11.3 Å². The molecule has 2 N–H and O–H groups in total. The van der Waals surface area contributed by atoms with E-state index >= 15 is 0 Å². The Labute approximate surface area is 133 Å². The fraction of sp³-hybridized carbons (Fsp3) is 0.294. The number of benzene rings is 1. The Morgan fingerprint density at radius 1 is 1.23 bits per heavy atom. The minimum atomic E-state index is -1.15. The van der Waals surface area contributed by atoms with E-state index in [9.17, 15) is 14.7 Å². The zero-order valence-corrected chi connectivity index (χ0v) is 13.4. The van der Waals surface area contributed by atoms with Crippen molar-refractivity contribution in [3.8, 4) is 0 Å². The van der Waals surface area contributed by atoms with Crippen LogP contribution in [0.4, 0.5) is 0 Å². The summed E-state index contributed by atoms with van der Waals surface area (Å²) in [7, 11) is 0. The van der Waals surface area contributed by atoms with Crippen molar-refractivity contribution in [1.29, 1.82) is 0 Å². The molecule has 0 aliphatic carbocycles. The topological polar surface area (TPSA) is 66.4 Å². The van der Waals surface area contributed by atoms with E-state index < -0.39 is 11.4 Å². The van der Waals surface area contributed by atoms with Gasteiger partial charge in [0.2, 0.25) is 0 Å². The summed E-state index contributed by atoms with van der Waals surface area (Å²) < 4.78 is 0. The van der Waals surface area contributed by atoms with Crippen LogP contribution in [-0.2, 0) is 16.6 Å². The molecule has 1 aromatic carbocycles. The second-order valence-corrected chi connectivity index (χ2v) is 6.23. The van der Waals surface area contributed by atoms with Crippen LogP contribution < -0.4 is 5.32 Å². The third kappa shape index (κ3) is 3.20. The van der Waals surface area contributed by atoms with Gasteiger partial charge in [-0.15, -0.1) is 11.3 Å². The number of carbonyl (C=O) groups is 2. The predicted molar refractivity (Wildman–Crippen MR) is 87.5 cm³/mol. The number of carbonyl (C=O) groups excluding carboxylic acids is 1. The van der Waals surface area contributed by atoms with Gasteiger partial charge in [-0.05, 0) is 35.9 Å². The lowest BCUT2D eigenvalue weighted by molar-refractivity contribution is -0.142. The molecule has 5 heteroatoms. The van der Waals surface area contributed by atoms with Gasteiger partial charge in [0.05, 0.1) is 4.88 Å². The molecule has 1 atom stereocenters. The molecule has 4 nitrogen and oxygen atoms in total. The van der Waals surface area contributed by atoms with E-state index in [0.29, 0.717) is 10.4 Å². The normalized spacial score (nSPS) is 13.4. The minimum Gasteiger partial charge on any atom is -0.481 e. The molecule has 1 unspecified atom stereocenters. The fourth-order valence-electron chi connectivity index (χ4n) is 2.26. The molecule has 0 aliphatic rings. The van der Waals surface area contributed by atoms with Crippen LogP contribution in [0, 0.1) is 0 Å². The smallest absolute Gasteiger partial charge is 0.315 e. The molecule has 1 aromatic heterocycles. The molecule has 0 saturated carbocycles. The highest BCUT2D eigenvalue weighted by atomic mass is 32.1. The SMILES string of the molecule is CCc1ccsc1C(=O)NCC(C)(C(=O)O)c1ccccc1. The summed E-state index contributed by atoms with van der Waals surface area (Å²) in [6.45, 7) is 3.66. The van der Waals surface area contributed by atoms with Crippen molar-refractivity contribution in [3.63, 3.8) is 0 Å². The van der Waals surface area contributed by atoms with Gasteiger partial charge in [0.1, 0.15) is 5.41 Å². The van der Waals surface area contributed by atoms with Crippen LogP contribution in [0.2, 0.25) is 0 Å². The number of hydrogen-bond donors (Lipinski definition) is 2. The first kappa shape index (κ1) is 16.2. The third-order valence-corrected chi connectivity index (χ3v) is 4.77. The van der Waals surface area contributed by atoms with Crippen molar-refractivity contribution in [3.05, 3.63) is 57.8 Å². The van der Waals surface area contributed by atoms with Crippen LogP contribution in [0.1, 0.15) is 34.6 Å². The number of hydrogen-bond acceptors (Lipinski definition) is 3. The van der Waals surface area contributed by atoms with Crippen LogP contribution in [-0.4, -0.2) is 23.5 Å². The molecule has 0 spiro atoms. The lowest BCUT2D eigenvalue weighted by Crippen LogP contribution is -2.44. The maximum absolute atomic E-state index is 12.3. The molecule has 116 valence electrons. The summed E-state index contributed by atoms with van der Waals surface area (Å²) in [5, 5.41) is 14.2. The first-order valence-electron chi connectivity index (χ1n) is 7.12. The first-order chi connectivity index (χ1) is 10.5. The number of rotatable bonds is 6. The first-order valence-corrected chi connectivity index (χ1v) is 8.00. The van der Waals surface area contributed by atoms with Crippen molar-refractivity contribution >= 4 is 23.2 Å². The van der Waals surface area contributed by atoms with E-state index in [4.69, 9.17) is 0 Å². The Bertz CT molecular complexity index is 666. The van der Waals surface area contributed by atoms with Gasteiger partial charge < -0.3 is 10.4 Å². The number of nitrogens with one attached hydrogen (secondary N) is 1. The molecule has 0 bridgehead atoms. The molecule has 0 aliphatic heterocycles. The fourth-order valence-corrected chi connectivity index (χ4v) is 3.17. The molecule has 2 aromatic rings. The second-order valence-electron chi connectivity index (χ2n) is 5.31. The second kappa shape index (κ2) is 6.75. The van der Waals surface area contributed by atoms with Gasteiger partial charge in [-0.2, -0.15) is 0 Å². The van der Waals surface area contributed by atoms with Gasteiger partial charge in [-0.25, -0.2) is 0 Å². The largest absolute Gasteiger partial charge is 0.481 e. The summed E-state index contributed by atoms with van der Waals surface area (Å²) in [5.74, 6) is -1.17. The van der Waals surface area contributed by atoms with E-state index in [1.807, 2.05) is 24.4 Å². The molecule has 1 amide bonds. The highest BCUT2D eigenvalue weighted by molar-refractivity contribution is 7.12. The average Bonchev–Trinajstić information content (AvgIpc) is 3.01. The number of carboxylic acids is 1. The van der Waals surface area contributed by atoms with E-state index in [2.05, 4.69) is 5.32 Å². The zero-order chi connectivity index (χ0) is 16.2. The summed E-state index contributed by atoms with van der Waals surface area (Å²) >= 11 is 1.38. The number of aryl methyl sites for hydroxylation is 1. The standard InChI is InChI=1S/C17H19NO3S/c1-3-12-9-10-22-14(12)15(19)18-11-17(2,16(20)21)13-7-5-4-6-8-13/h4-10H,3,11H2,1-2H3,(H,18,19)(H,20,21). The zero-order valence-electron chi connectivity index (χ0n) is 12.6. The van der Waals surface area contributed by atoms with Crippen LogP contribution in [0.15, 0.2) is 41.8 Å². The molecule has 0 radical (unpaired) electrons. The quantitative estimate of drug-likeness (QED) is 0.860. The van der Waals surface area contributed by atoms with Crippen molar-refractivity contribution in [2.75, 3.05) is 6.54 Å². The molecule has 1 heterocycles. The van der Waals surface area contributed by atoms with E-state index in [0.717, 1.165) is 12.0 Å². The lowest BCUT2D eigenvalue weighted by Gasteiger charge is -2.25. The molecule has 22 heavy (non-hydrogen) atoms. The van der Waals surface area contributed by atoms with Crippen molar-refractivity contribution in [1.82, 2.24) is 5.32 Å².